The van der Waals surface area contributed by atoms with E-state index in [-0.39, 0.29) is 17.5 Å². The van der Waals surface area contributed by atoms with Crippen molar-refractivity contribution in [3.8, 4) is 0 Å². The number of amides is 1. The first-order valence-electron chi connectivity index (χ1n) is 8.15. The molecule has 6 nitrogen and oxygen atoms in total. The number of aryl methyl sites for hydroxylation is 1. The maximum atomic E-state index is 13.0. The Morgan fingerprint density at radius 1 is 1.21 bits per heavy atom. The summed E-state index contributed by atoms with van der Waals surface area (Å²) >= 11 is 0. The van der Waals surface area contributed by atoms with E-state index in [2.05, 4.69) is 36.1 Å². The van der Waals surface area contributed by atoms with Gasteiger partial charge >= 0.3 is 0 Å². The van der Waals surface area contributed by atoms with Gasteiger partial charge in [0.15, 0.2) is 0 Å². The summed E-state index contributed by atoms with van der Waals surface area (Å²) in [4.78, 5) is 28.6. The number of carbonyl (C=O) groups excluding carboxylic acids is 1. The molecular weight excluding hydrogens is 304 g/mol. The van der Waals surface area contributed by atoms with Crippen molar-refractivity contribution in [3.63, 3.8) is 0 Å². The molecule has 1 aliphatic rings. The van der Waals surface area contributed by atoms with Crippen molar-refractivity contribution in [3.05, 3.63) is 58.0 Å². The van der Waals surface area contributed by atoms with Crippen molar-refractivity contribution in [2.24, 2.45) is 7.05 Å². The molecular formula is C18H22N4O2. The number of fused-ring (bicyclic) bond motifs is 1. The van der Waals surface area contributed by atoms with Crippen molar-refractivity contribution in [2.45, 2.75) is 25.9 Å². The van der Waals surface area contributed by atoms with E-state index in [4.69, 9.17) is 0 Å². The Labute approximate surface area is 141 Å². The van der Waals surface area contributed by atoms with E-state index < -0.39 is 0 Å². The Morgan fingerprint density at radius 3 is 2.67 bits per heavy atom. The number of rotatable bonds is 2. The van der Waals surface area contributed by atoms with E-state index in [1.807, 2.05) is 17.0 Å². The van der Waals surface area contributed by atoms with Crippen LogP contribution in [0.1, 0.15) is 29.4 Å². The predicted molar refractivity (Wildman–Crippen MR) is 93.1 cm³/mol. The van der Waals surface area contributed by atoms with Crippen LogP contribution >= 0.6 is 0 Å². The lowest BCUT2D eigenvalue weighted by molar-refractivity contribution is 0.0659. The Balaban J connectivity index is 1.99. The number of nitrogens with zero attached hydrogens (tertiary/aromatic N) is 4. The van der Waals surface area contributed by atoms with Crippen LogP contribution < -0.4 is 10.5 Å². The third kappa shape index (κ3) is 2.91. The van der Waals surface area contributed by atoms with E-state index in [0.29, 0.717) is 12.2 Å². The molecule has 0 saturated carbocycles. The normalized spacial score (nSPS) is 17.4. The van der Waals surface area contributed by atoms with E-state index in [0.717, 1.165) is 24.2 Å². The van der Waals surface area contributed by atoms with Crippen LogP contribution in [0, 0.1) is 0 Å². The predicted octanol–water partition coefficient (Wildman–Crippen LogP) is 1.65. The zero-order chi connectivity index (χ0) is 17.3. The molecule has 126 valence electrons. The summed E-state index contributed by atoms with van der Waals surface area (Å²) in [6.45, 7) is 3.40. The number of likely N-dealkylation sites (N-methyl/N-ethyl adjacent to an activating group) is 1. The van der Waals surface area contributed by atoms with Crippen molar-refractivity contribution < 1.29 is 4.79 Å². The summed E-state index contributed by atoms with van der Waals surface area (Å²) < 4.78 is 1.20. The molecule has 0 bridgehead atoms. The molecule has 1 atom stereocenters. The first-order valence-corrected chi connectivity index (χ1v) is 8.15. The van der Waals surface area contributed by atoms with Crippen molar-refractivity contribution in [1.29, 1.82) is 0 Å². The standard InChI is InChI=1S/C18H22N4O2/c1-4-14-12-20(2)16-8-6-5-7-13(16)11-22(14)18(24)15-9-10-17(23)21(3)19-15/h5-10,14H,4,11-12H2,1-3H3/t14-/m0/s1. The molecule has 0 N–H and O–H groups in total. The van der Waals surface area contributed by atoms with Crippen LogP contribution in [0.2, 0.25) is 0 Å². The Morgan fingerprint density at radius 2 is 1.96 bits per heavy atom. The van der Waals surface area contributed by atoms with Crippen LogP contribution in [0.3, 0.4) is 0 Å². The highest BCUT2D eigenvalue weighted by atomic mass is 16.2. The number of para-hydroxylation sites is 1. The third-order valence-electron chi connectivity index (χ3n) is 4.58. The van der Waals surface area contributed by atoms with Crippen molar-refractivity contribution in [2.75, 3.05) is 18.5 Å². The molecule has 0 saturated heterocycles. The molecule has 1 amide bonds. The van der Waals surface area contributed by atoms with Crippen molar-refractivity contribution in [1.82, 2.24) is 14.7 Å². The summed E-state index contributed by atoms with van der Waals surface area (Å²) in [6.07, 6.45) is 0.857. The highest BCUT2D eigenvalue weighted by molar-refractivity contribution is 5.92. The van der Waals surface area contributed by atoms with Gasteiger partial charge < -0.3 is 9.80 Å². The molecule has 0 radical (unpaired) electrons. The molecule has 0 spiro atoms. The van der Waals surface area contributed by atoms with Crippen LogP contribution in [-0.2, 0) is 13.6 Å². The van der Waals surface area contributed by atoms with Crippen LogP contribution in [0.4, 0.5) is 5.69 Å². The van der Waals surface area contributed by atoms with Gasteiger partial charge in [-0.2, -0.15) is 5.10 Å². The minimum absolute atomic E-state index is 0.0916. The molecule has 0 aliphatic carbocycles. The van der Waals surface area contributed by atoms with Gasteiger partial charge in [-0.3, -0.25) is 9.59 Å². The van der Waals surface area contributed by atoms with Crippen LogP contribution in [-0.4, -0.2) is 40.2 Å². The largest absolute Gasteiger partial charge is 0.372 e. The molecule has 1 aromatic carbocycles. The average Bonchev–Trinajstić information content (AvgIpc) is 2.73. The molecule has 3 rings (SSSR count). The molecule has 0 unspecified atom stereocenters. The summed E-state index contributed by atoms with van der Waals surface area (Å²) in [6, 6.07) is 11.1. The molecule has 1 aliphatic heterocycles. The van der Waals surface area contributed by atoms with Gasteiger partial charge in [-0.15, -0.1) is 0 Å². The molecule has 0 fully saturated rings. The SMILES string of the molecule is CC[C@H]1CN(C)c2ccccc2CN1C(=O)c1ccc(=O)n(C)n1. The number of hydrogen-bond donors (Lipinski definition) is 0. The fraction of sp³-hybridized carbons (Fsp3) is 0.389. The van der Waals surface area contributed by atoms with Crippen molar-refractivity contribution >= 4 is 11.6 Å². The second-order valence-corrected chi connectivity index (χ2v) is 6.18. The lowest BCUT2D eigenvalue weighted by Gasteiger charge is -2.30. The van der Waals surface area contributed by atoms with E-state index in [1.54, 1.807) is 7.05 Å². The lowest BCUT2D eigenvalue weighted by atomic mass is 10.1. The average molecular weight is 326 g/mol. The molecule has 1 aromatic heterocycles. The van der Waals surface area contributed by atoms with Gasteiger partial charge in [0.1, 0.15) is 5.69 Å². The van der Waals surface area contributed by atoms with Gasteiger partial charge in [-0.1, -0.05) is 25.1 Å². The topological polar surface area (TPSA) is 58.4 Å². The minimum Gasteiger partial charge on any atom is -0.372 e. The fourth-order valence-corrected chi connectivity index (χ4v) is 3.19. The third-order valence-corrected chi connectivity index (χ3v) is 4.58. The first kappa shape index (κ1) is 16.2. The van der Waals surface area contributed by atoms with Crippen LogP contribution in [0.15, 0.2) is 41.2 Å². The zero-order valence-electron chi connectivity index (χ0n) is 14.3. The van der Waals surface area contributed by atoms with Gasteiger partial charge in [-0.05, 0) is 24.1 Å². The second-order valence-electron chi connectivity index (χ2n) is 6.18. The van der Waals surface area contributed by atoms with Gasteiger partial charge in [0.25, 0.3) is 11.5 Å². The first-order chi connectivity index (χ1) is 11.5. The summed E-state index contributed by atoms with van der Waals surface area (Å²) in [5.74, 6) is -0.137. The number of aromatic nitrogens is 2. The van der Waals surface area contributed by atoms with Gasteiger partial charge in [0, 0.05) is 45.0 Å². The Bertz CT molecular complexity index is 815. The zero-order valence-corrected chi connectivity index (χ0v) is 14.3. The summed E-state index contributed by atoms with van der Waals surface area (Å²) in [5.41, 5.74) is 2.35. The number of hydrogen-bond acceptors (Lipinski definition) is 4. The molecule has 6 heteroatoms. The summed E-state index contributed by atoms with van der Waals surface area (Å²) in [7, 11) is 3.61. The van der Waals surface area contributed by atoms with Gasteiger partial charge in [0.2, 0.25) is 0 Å². The highest BCUT2D eigenvalue weighted by Gasteiger charge is 2.30. The fourth-order valence-electron chi connectivity index (χ4n) is 3.19. The van der Waals surface area contributed by atoms with Crippen LogP contribution in [0.25, 0.3) is 0 Å². The molecule has 24 heavy (non-hydrogen) atoms. The lowest BCUT2D eigenvalue weighted by Crippen LogP contribution is -2.44. The van der Waals surface area contributed by atoms with Crippen LogP contribution in [0.5, 0.6) is 0 Å². The number of benzene rings is 1. The van der Waals surface area contributed by atoms with Gasteiger partial charge in [0.05, 0.1) is 0 Å². The number of carbonyl (C=O) groups is 1. The Hall–Kier alpha value is -2.63. The summed E-state index contributed by atoms with van der Waals surface area (Å²) in [5, 5.41) is 4.12. The second kappa shape index (κ2) is 6.47. The monoisotopic (exact) mass is 326 g/mol. The quantitative estimate of drug-likeness (QED) is 0.842. The highest BCUT2D eigenvalue weighted by Crippen LogP contribution is 2.27. The Kier molecular flexibility index (Phi) is 4.38. The molecule has 2 heterocycles. The van der Waals surface area contributed by atoms with Gasteiger partial charge in [-0.25, -0.2) is 4.68 Å². The van der Waals surface area contributed by atoms with E-state index >= 15 is 0 Å². The number of anilines is 1. The maximum absolute atomic E-state index is 13.0. The molecule has 2 aromatic rings. The maximum Gasteiger partial charge on any atom is 0.274 e. The van der Waals surface area contributed by atoms with E-state index in [9.17, 15) is 9.59 Å². The smallest absolute Gasteiger partial charge is 0.274 e. The van der Waals surface area contributed by atoms with E-state index in [1.165, 1.54) is 16.8 Å². The minimum atomic E-state index is -0.223.